The van der Waals surface area contributed by atoms with Gasteiger partial charge in [-0.1, -0.05) is 60.2 Å². The van der Waals surface area contributed by atoms with Crippen molar-refractivity contribution in [3.63, 3.8) is 0 Å². The molecule has 0 saturated carbocycles. The first-order chi connectivity index (χ1) is 11.3. The van der Waals surface area contributed by atoms with Crippen LogP contribution in [0.3, 0.4) is 0 Å². The van der Waals surface area contributed by atoms with Crippen molar-refractivity contribution >= 4 is 10.8 Å². The molecule has 1 N–H and O–H groups in total. The maximum absolute atomic E-state index is 5.82. The molecule has 0 unspecified atom stereocenters. The van der Waals surface area contributed by atoms with Gasteiger partial charge in [0, 0.05) is 18.7 Å². The van der Waals surface area contributed by atoms with E-state index in [-0.39, 0.29) is 0 Å². The van der Waals surface area contributed by atoms with Gasteiger partial charge in [0.05, 0.1) is 6.61 Å². The number of hydrogen-bond acceptors (Lipinski definition) is 2. The third kappa shape index (κ3) is 3.72. The van der Waals surface area contributed by atoms with Crippen molar-refractivity contribution in [3.05, 3.63) is 77.4 Å². The van der Waals surface area contributed by atoms with Crippen molar-refractivity contribution in [1.29, 1.82) is 0 Å². The summed E-state index contributed by atoms with van der Waals surface area (Å²) in [6.07, 6.45) is 0. The fourth-order valence-corrected chi connectivity index (χ4v) is 2.83. The zero-order valence-electron chi connectivity index (χ0n) is 13.8. The van der Waals surface area contributed by atoms with Crippen LogP contribution in [0.1, 0.15) is 23.6 Å². The minimum Gasteiger partial charge on any atom is -0.494 e. The van der Waals surface area contributed by atoms with Crippen LogP contribution in [0.4, 0.5) is 0 Å². The predicted molar refractivity (Wildman–Crippen MR) is 96.8 cm³/mol. The summed E-state index contributed by atoms with van der Waals surface area (Å²) in [5, 5.41) is 6.06. The molecule has 0 radical (unpaired) electrons. The van der Waals surface area contributed by atoms with E-state index in [1.54, 1.807) is 0 Å². The van der Waals surface area contributed by atoms with E-state index in [1.165, 1.54) is 27.5 Å². The Hall–Kier alpha value is -2.32. The quantitative estimate of drug-likeness (QED) is 0.704. The van der Waals surface area contributed by atoms with Crippen molar-refractivity contribution in [1.82, 2.24) is 5.32 Å². The Labute approximate surface area is 138 Å². The van der Waals surface area contributed by atoms with Crippen molar-refractivity contribution in [2.24, 2.45) is 0 Å². The number of nitrogens with one attached hydrogen (secondary N) is 1. The first kappa shape index (κ1) is 15.6. The second-order valence-electron chi connectivity index (χ2n) is 5.79. The van der Waals surface area contributed by atoms with Crippen LogP contribution in [0.25, 0.3) is 10.8 Å². The van der Waals surface area contributed by atoms with E-state index in [4.69, 9.17) is 4.74 Å². The first-order valence-electron chi connectivity index (χ1n) is 8.17. The van der Waals surface area contributed by atoms with E-state index in [0.717, 1.165) is 18.8 Å². The average Bonchev–Trinajstić information content (AvgIpc) is 2.58. The lowest BCUT2D eigenvalue weighted by Gasteiger charge is -2.14. The minimum atomic E-state index is 0.684. The Kier molecular flexibility index (Phi) is 4.94. The molecular formula is C21H23NO. The third-order valence-corrected chi connectivity index (χ3v) is 4.05. The van der Waals surface area contributed by atoms with Gasteiger partial charge < -0.3 is 10.1 Å². The fraction of sp³-hybridized carbons (Fsp3) is 0.238. The molecular weight excluding hydrogens is 282 g/mol. The Bertz CT molecular complexity index is 777. The number of ether oxygens (including phenoxy) is 1. The van der Waals surface area contributed by atoms with E-state index in [2.05, 4.69) is 72.9 Å². The van der Waals surface area contributed by atoms with Crippen LogP contribution >= 0.6 is 0 Å². The number of benzene rings is 3. The van der Waals surface area contributed by atoms with E-state index < -0.39 is 0 Å². The lowest BCUT2D eigenvalue weighted by Crippen LogP contribution is -2.14. The summed E-state index contributed by atoms with van der Waals surface area (Å²) in [4.78, 5) is 0. The Morgan fingerprint density at radius 2 is 1.65 bits per heavy atom. The van der Waals surface area contributed by atoms with Crippen LogP contribution in [0.2, 0.25) is 0 Å². The molecule has 0 saturated heterocycles. The Balaban J connectivity index is 1.80. The largest absolute Gasteiger partial charge is 0.494 e. The van der Waals surface area contributed by atoms with Gasteiger partial charge in [-0.2, -0.15) is 0 Å². The van der Waals surface area contributed by atoms with Crippen LogP contribution in [-0.2, 0) is 13.1 Å². The number of fused-ring (bicyclic) bond motifs is 1. The topological polar surface area (TPSA) is 21.3 Å². The monoisotopic (exact) mass is 305 g/mol. The summed E-state index contributed by atoms with van der Waals surface area (Å²) in [5.74, 6) is 0.975. The molecule has 2 heteroatoms. The molecule has 2 nitrogen and oxygen atoms in total. The SMILES string of the molecule is CCOc1ccc2ccccc2c1CNCc1ccc(C)cc1. The summed E-state index contributed by atoms with van der Waals surface area (Å²) in [7, 11) is 0. The van der Waals surface area contributed by atoms with Crippen molar-refractivity contribution in [2.45, 2.75) is 26.9 Å². The van der Waals surface area contributed by atoms with Crippen LogP contribution < -0.4 is 10.1 Å². The van der Waals surface area contributed by atoms with E-state index >= 15 is 0 Å². The lowest BCUT2D eigenvalue weighted by atomic mass is 10.0. The smallest absolute Gasteiger partial charge is 0.124 e. The van der Waals surface area contributed by atoms with E-state index in [9.17, 15) is 0 Å². The highest BCUT2D eigenvalue weighted by Crippen LogP contribution is 2.28. The summed E-state index contributed by atoms with van der Waals surface area (Å²) in [6, 6.07) is 21.3. The maximum atomic E-state index is 5.82. The molecule has 0 amide bonds. The molecule has 118 valence electrons. The van der Waals surface area contributed by atoms with Crippen LogP contribution in [0, 0.1) is 6.92 Å². The third-order valence-electron chi connectivity index (χ3n) is 4.05. The molecule has 0 spiro atoms. The first-order valence-corrected chi connectivity index (χ1v) is 8.17. The molecule has 0 bridgehead atoms. The molecule has 0 aromatic heterocycles. The van der Waals surface area contributed by atoms with Gasteiger partial charge in [-0.3, -0.25) is 0 Å². The van der Waals surface area contributed by atoms with E-state index in [1.807, 2.05) is 6.92 Å². The van der Waals surface area contributed by atoms with E-state index in [0.29, 0.717) is 6.61 Å². The summed E-state index contributed by atoms with van der Waals surface area (Å²) in [5.41, 5.74) is 3.83. The standard InChI is InChI=1S/C21H23NO/c1-3-23-21-13-12-18-6-4-5-7-19(18)20(21)15-22-14-17-10-8-16(2)9-11-17/h4-13,22H,3,14-15H2,1-2H3. The predicted octanol–water partition coefficient (Wildman–Crippen LogP) is 4.84. The van der Waals surface area contributed by atoms with Gasteiger partial charge in [-0.15, -0.1) is 0 Å². The zero-order chi connectivity index (χ0) is 16.1. The van der Waals surface area contributed by atoms with Crippen LogP contribution in [0.15, 0.2) is 60.7 Å². The molecule has 3 rings (SSSR count). The van der Waals surface area contributed by atoms with Crippen LogP contribution in [-0.4, -0.2) is 6.61 Å². The Morgan fingerprint density at radius 1 is 0.870 bits per heavy atom. The minimum absolute atomic E-state index is 0.684. The maximum Gasteiger partial charge on any atom is 0.124 e. The second kappa shape index (κ2) is 7.30. The highest BCUT2D eigenvalue weighted by Gasteiger charge is 2.08. The van der Waals surface area contributed by atoms with Gasteiger partial charge in [0.1, 0.15) is 5.75 Å². The highest BCUT2D eigenvalue weighted by atomic mass is 16.5. The van der Waals surface area contributed by atoms with Gasteiger partial charge in [0.2, 0.25) is 0 Å². The molecule has 0 atom stereocenters. The van der Waals surface area contributed by atoms with Gasteiger partial charge >= 0.3 is 0 Å². The summed E-state index contributed by atoms with van der Waals surface area (Å²) < 4.78 is 5.82. The molecule has 0 aliphatic rings. The molecule has 0 heterocycles. The Morgan fingerprint density at radius 3 is 2.43 bits per heavy atom. The van der Waals surface area contributed by atoms with Gasteiger partial charge in [0.25, 0.3) is 0 Å². The lowest BCUT2D eigenvalue weighted by molar-refractivity contribution is 0.336. The zero-order valence-corrected chi connectivity index (χ0v) is 13.8. The number of hydrogen-bond donors (Lipinski definition) is 1. The molecule has 3 aromatic carbocycles. The molecule has 0 fully saturated rings. The molecule has 23 heavy (non-hydrogen) atoms. The number of rotatable bonds is 6. The number of aryl methyl sites for hydroxylation is 1. The highest BCUT2D eigenvalue weighted by molar-refractivity contribution is 5.87. The fourth-order valence-electron chi connectivity index (χ4n) is 2.83. The van der Waals surface area contributed by atoms with Gasteiger partial charge in [-0.05, 0) is 36.2 Å². The normalized spacial score (nSPS) is 10.9. The average molecular weight is 305 g/mol. The molecule has 0 aliphatic carbocycles. The second-order valence-corrected chi connectivity index (χ2v) is 5.79. The molecule has 3 aromatic rings. The van der Waals surface area contributed by atoms with Crippen molar-refractivity contribution < 1.29 is 4.74 Å². The summed E-state index contributed by atoms with van der Waals surface area (Å²) >= 11 is 0. The van der Waals surface area contributed by atoms with Crippen molar-refractivity contribution in [2.75, 3.05) is 6.61 Å². The van der Waals surface area contributed by atoms with Crippen molar-refractivity contribution in [3.8, 4) is 5.75 Å². The summed E-state index contributed by atoms with van der Waals surface area (Å²) in [6.45, 7) is 6.48. The van der Waals surface area contributed by atoms with Gasteiger partial charge in [0.15, 0.2) is 0 Å². The van der Waals surface area contributed by atoms with Gasteiger partial charge in [-0.25, -0.2) is 0 Å². The molecule has 0 aliphatic heterocycles. The van der Waals surface area contributed by atoms with Crippen LogP contribution in [0.5, 0.6) is 5.75 Å².